The molecule has 118 valence electrons. The Morgan fingerprint density at radius 3 is 2.45 bits per heavy atom. The van der Waals surface area contributed by atoms with Crippen molar-refractivity contribution < 1.29 is 9.53 Å². The topological polar surface area (TPSA) is 38.3 Å². The third-order valence-corrected chi connectivity index (χ3v) is 5.21. The highest BCUT2D eigenvalue weighted by molar-refractivity contribution is 7.80. The second-order valence-corrected chi connectivity index (χ2v) is 6.82. The van der Waals surface area contributed by atoms with Gasteiger partial charge in [0.2, 0.25) is 0 Å². The zero-order valence-corrected chi connectivity index (χ0v) is 13.8. The number of carbonyl (C=O) groups is 1. The van der Waals surface area contributed by atoms with Crippen LogP contribution in [-0.2, 0) is 0 Å². The summed E-state index contributed by atoms with van der Waals surface area (Å²) in [5, 5.41) is 3.49. The summed E-state index contributed by atoms with van der Waals surface area (Å²) in [6.45, 7) is 0. The van der Waals surface area contributed by atoms with E-state index >= 15 is 0 Å². The molecule has 2 atom stereocenters. The number of carbonyl (C=O) groups excluding carboxylic acids is 1. The van der Waals surface area contributed by atoms with Crippen LogP contribution in [0.25, 0.3) is 0 Å². The number of rotatable bonds is 5. The smallest absolute Gasteiger partial charge is 0.166 e. The monoisotopic (exact) mass is 317 g/mol. The van der Waals surface area contributed by atoms with Crippen LogP contribution in [0, 0.1) is 11.8 Å². The Bertz CT molecular complexity index is 549. The molecule has 0 heterocycles. The molecule has 0 bridgehead atoms. The summed E-state index contributed by atoms with van der Waals surface area (Å²) in [5.41, 5.74) is 0.758. The molecular weight excluding hydrogens is 294 g/mol. The van der Waals surface area contributed by atoms with Gasteiger partial charge < -0.3 is 10.1 Å². The molecule has 0 spiro atoms. The van der Waals surface area contributed by atoms with Crippen LogP contribution in [0.1, 0.15) is 48.9 Å². The standard InChI is InChI=1S/C18H23NO2S/c1-21-14-9-7-12(8-10-14)17(20)15-11-16(15)18(22)19-13-5-3-2-4-6-13/h7-10,13,15-16H,2-6,11H2,1H3,(H,19,22). The van der Waals surface area contributed by atoms with Gasteiger partial charge in [-0.3, -0.25) is 4.79 Å². The minimum atomic E-state index is 0.0667. The number of Topliss-reactive ketones (excluding diaryl/α,β-unsaturated/α-hetero) is 1. The van der Waals surface area contributed by atoms with Crippen molar-refractivity contribution in [2.24, 2.45) is 11.8 Å². The molecule has 22 heavy (non-hydrogen) atoms. The Hall–Kier alpha value is -1.42. The summed E-state index contributed by atoms with van der Waals surface area (Å²) in [7, 11) is 1.63. The number of hydrogen-bond donors (Lipinski definition) is 1. The van der Waals surface area contributed by atoms with Crippen molar-refractivity contribution in [1.82, 2.24) is 5.32 Å². The predicted molar refractivity (Wildman–Crippen MR) is 91.5 cm³/mol. The second-order valence-electron chi connectivity index (χ2n) is 6.38. The Kier molecular flexibility index (Phi) is 4.77. The largest absolute Gasteiger partial charge is 0.497 e. The van der Waals surface area contributed by atoms with E-state index in [-0.39, 0.29) is 17.6 Å². The number of ether oxygens (including phenoxy) is 1. The van der Waals surface area contributed by atoms with E-state index in [2.05, 4.69) is 5.32 Å². The highest BCUT2D eigenvalue weighted by Gasteiger charge is 2.46. The minimum Gasteiger partial charge on any atom is -0.497 e. The molecule has 1 N–H and O–H groups in total. The maximum absolute atomic E-state index is 12.5. The van der Waals surface area contributed by atoms with Crippen LogP contribution in [0.2, 0.25) is 0 Å². The van der Waals surface area contributed by atoms with Crippen LogP contribution < -0.4 is 10.1 Å². The average Bonchev–Trinajstić information content (AvgIpc) is 3.36. The van der Waals surface area contributed by atoms with Gasteiger partial charge in [0.15, 0.2) is 5.78 Å². The van der Waals surface area contributed by atoms with E-state index in [1.807, 2.05) is 24.3 Å². The molecule has 3 nitrogen and oxygen atoms in total. The number of benzene rings is 1. The van der Waals surface area contributed by atoms with Gasteiger partial charge in [-0.1, -0.05) is 31.5 Å². The molecule has 0 amide bonds. The molecule has 4 heteroatoms. The lowest BCUT2D eigenvalue weighted by Crippen LogP contribution is -2.36. The molecule has 2 unspecified atom stereocenters. The normalized spacial score (nSPS) is 24.6. The first kappa shape index (κ1) is 15.5. The first-order valence-corrected chi connectivity index (χ1v) is 8.58. The number of ketones is 1. The molecule has 2 aliphatic rings. The summed E-state index contributed by atoms with van der Waals surface area (Å²) in [5.74, 6) is 1.29. The van der Waals surface area contributed by atoms with Crippen molar-refractivity contribution in [2.45, 2.75) is 44.6 Å². The van der Waals surface area contributed by atoms with Gasteiger partial charge in [0.1, 0.15) is 5.75 Å². The lowest BCUT2D eigenvalue weighted by Gasteiger charge is -2.24. The third-order valence-electron chi connectivity index (χ3n) is 4.79. The van der Waals surface area contributed by atoms with E-state index in [1.54, 1.807) is 7.11 Å². The first-order valence-electron chi connectivity index (χ1n) is 8.17. The van der Waals surface area contributed by atoms with Crippen molar-refractivity contribution in [3.8, 4) is 5.75 Å². The van der Waals surface area contributed by atoms with Crippen LogP contribution in [0.4, 0.5) is 0 Å². The zero-order valence-electron chi connectivity index (χ0n) is 13.0. The van der Waals surface area contributed by atoms with Crippen LogP contribution in [0.5, 0.6) is 5.75 Å². The van der Waals surface area contributed by atoms with Crippen LogP contribution in [-0.4, -0.2) is 23.9 Å². The number of methoxy groups -OCH3 is 1. The van der Waals surface area contributed by atoms with Crippen molar-refractivity contribution >= 4 is 23.0 Å². The van der Waals surface area contributed by atoms with E-state index in [9.17, 15) is 4.79 Å². The Morgan fingerprint density at radius 2 is 1.82 bits per heavy atom. The minimum absolute atomic E-state index is 0.0667. The van der Waals surface area contributed by atoms with Gasteiger partial charge in [0.05, 0.1) is 12.1 Å². The van der Waals surface area contributed by atoms with Crippen molar-refractivity contribution in [2.75, 3.05) is 7.11 Å². The van der Waals surface area contributed by atoms with E-state index < -0.39 is 0 Å². The first-order chi connectivity index (χ1) is 10.7. The summed E-state index contributed by atoms with van der Waals surface area (Å²) in [4.78, 5) is 13.4. The summed E-state index contributed by atoms with van der Waals surface area (Å²) < 4.78 is 5.13. The maximum atomic E-state index is 12.5. The summed E-state index contributed by atoms with van der Waals surface area (Å²) in [6, 6.07) is 7.88. The average molecular weight is 317 g/mol. The zero-order chi connectivity index (χ0) is 15.5. The summed E-state index contributed by atoms with van der Waals surface area (Å²) >= 11 is 5.52. The molecule has 1 aromatic rings. The van der Waals surface area contributed by atoms with Crippen molar-refractivity contribution in [1.29, 1.82) is 0 Å². The maximum Gasteiger partial charge on any atom is 0.166 e. The number of nitrogens with one attached hydrogen (secondary N) is 1. The van der Waals surface area contributed by atoms with E-state index in [4.69, 9.17) is 17.0 Å². The molecular formula is C18H23NO2S. The van der Waals surface area contributed by atoms with E-state index in [1.165, 1.54) is 32.1 Å². The van der Waals surface area contributed by atoms with Crippen molar-refractivity contribution in [3.05, 3.63) is 29.8 Å². The molecule has 0 saturated heterocycles. The lowest BCUT2D eigenvalue weighted by atomic mass is 9.95. The number of hydrogen-bond acceptors (Lipinski definition) is 3. The Balaban J connectivity index is 1.53. The predicted octanol–water partition coefficient (Wildman–Crippen LogP) is 3.76. The fourth-order valence-electron chi connectivity index (χ4n) is 3.30. The highest BCUT2D eigenvalue weighted by Crippen LogP contribution is 2.42. The van der Waals surface area contributed by atoms with Gasteiger partial charge in [0, 0.05) is 23.4 Å². The highest BCUT2D eigenvalue weighted by atomic mass is 32.1. The van der Waals surface area contributed by atoms with Gasteiger partial charge >= 0.3 is 0 Å². The number of thiocarbonyl (C=S) groups is 1. The fourth-order valence-corrected chi connectivity index (χ4v) is 3.73. The fraction of sp³-hybridized carbons (Fsp3) is 0.556. The Morgan fingerprint density at radius 1 is 1.14 bits per heavy atom. The molecule has 2 saturated carbocycles. The summed E-state index contributed by atoms with van der Waals surface area (Å²) in [6.07, 6.45) is 7.24. The molecule has 0 radical (unpaired) electrons. The molecule has 3 rings (SSSR count). The van der Waals surface area contributed by atoms with Crippen LogP contribution in [0.3, 0.4) is 0 Å². The SMILES string of the molecule is COc1ccc(C(=O)C2CC2C(=S)NC2CCCCC2)cc1. The molecule has 0 aliphatic heterocycles. The van der Waals surface area contributed by atoms with Crippen LogP contribution in [0.15, 0.2) is 24.3 Å². The van der Waals surface area contributed by atoms with Gasteiger partial charge in [-0.25, -0.2) is 0 Å². The molecule has 2 aliphatic carbocycles. The molecule has 1 aromatic carbocycles. The van der Waals surface area contributed by atoms with Crippen molar-refractivity contribution in [3.63, 3.8) is 0 Å². The lowest BCUT2D eigenvalue weighted by molar-refractivity contribution is 0.0964. The molecule has 2 fully saturated rings. The second kappa shape index (κ2) is 6.78. The molecule has 0 aromatic heterocycles. The van der Waals surface area contributed by atoms with Gasteiger partial charge in [-0.2, -0.15) is 0 Å². The van der Waals surface area contributed by atoms with Crippen LogP contribution >= 0.6 is 12.2 Å². The van der Waals surface area contributed by atoms with Gasteiger partial charge in [0.25, 0.3) is 0 Å². The quantitative estimate of drug-likeness (QED) is 0.663. The van der Waals surface area contributed by atoms with E-state index in [0.29, 0.717) is 6.04 Å². The third kappa shape index (κ3) is 3.49. The van der Waals surface area contributed by atoms with Gasteiger partial charge in [-0.15, -0.1) is 0 Å². The Labute approximate surface area is 137 Å². The van der Waals surface area contributed by atoms with E-state index in [0.717, 1.165) is 22.7 Å². The van der Waals surface area contributed by atoms with Gasteiger partial charge in [-0.05, 0) is 43.5 Å².